The lowest BCUT2D eigenvalue weighted by Gasteiger charge is -2.09. The standard InChI is InChI=1S/C16H20N4O4/c1-10-4-2-3-5-12(10)14(22)17-9-8-13(21)19-20-16(24)15(23)18-11-6-7-11/h2-5,11H,6-9H2,1H3,(H,17,22)(H,18,23)(H,19,21)(H,20,24). The van der Waals surface area contributed by atoms with E-state index in [2.05, 4.69) is 16.1 Å². The van der Waals surface area contributed by atoms with Crippen molar-refractivity contribution in [3.8, 4) is 0 Å². The molecule has 1 saturated carbocycles. The fourth-order valence-corrected chi connectivity index (χ4v) is 1.94. The molecule has 1 aromatic rings. The number of rotatable bonds is 5. The van der Waals surface area contributed by atoms with Crippen LogP contribution in [-0.2, 0) is 14.4 Å². The van der Waals surface area contributed by atoms with E-state index in [0.717, 1.165) is 18.4 Å². The maximum atomic E-state index is 11.9. The van der Waals surface area contributed by atoms with Crippen LogP contribution in [0.15, 0.2) is 24.3 Å². The smallest absolute Gasteiger partial charge is 0.327 e. The molecule has 24 heavy (non-hydrogen) atoms. The molecule has 8 nitrogen and oxygen atoms in total. The molecular formula is C16H20N4O4. The number of amides is 4. The van der Waals surface area contributed by atoms with E-state index in [9.17, 15) is 19.2 Å². The molecule has 8 heteroatoms. The van der Waals surface area contributed by atoms with Crippen molar-refractivity contribution in [2.24, 2.45) is 0 Å². The highest BCUT2D eigenvalue weighted by Gasteiger charge is 2.26. The van der Waals surface area contributed by atoms with Crippen LogP contribution >= 0.6 is 0 Å². The van der Waals surface area contributed by atoms with Crippen LogP contribution in [0.2, 0.25) is 0 Å². The highest BCUT2D eigenvalue weighted by Crippen LogP contribution is 2.18. The Morgan fingerprint density at radius 1 is 1.04 bits per heavy atom. The lowest BCUT2D eigenvalue weighted by atomic mass is 10.1. The fraction of sp³-hybridized carbons (Fsp3) is 0.375. The largest absolute Gasteiger partial charge is 0.352 e. The molecule has 0 aromatic heterocycles. The average molecular weight is 332 g/mol. The minimum absolute atomic E-state index is 0.0256. The van der Waals surface area contributed by atoms with Crippen molar-refractivity contribution in [2.45, 2.75) is 32.2 Å². The van der Waals surface area contributed by atoms with Gasteiger partial charge in [-0.1, -0.05) is 18.2 Å². The van der Waals surface area contributed by atoms with Gasteiger partial charge in [-0.05, 0) is 31.4 Å². The summed E-state index contributed by atoms with van der Waals surface area (Å²) in [6.07, 6.45) is 1.71. The second-order valence-corrected chi connectivity index (χ2v) is 5.57. The Morgan fingerprint density at radius 2 is 1.75 bits per heavy atom. The van der Waals surface area contributed by atoms with Crippen LogP contribution in [-0.4, -0.2) is 36.2 Å². The lowest BCUT2D eigenvalue weighted by Crippen LogP contribution is -2.49. The molecule has 0 saturated heterocycles. The third-order valence-electron chi connectivity index (χ3n) is 3.46. The van der Waals surface area contributed by atoms with Gasteiger partial charge < -0.3 is 10.6 Å². The fourth-order valence-electron chi connectivity index (χ4n) is 1.94. The summed E-state index contributed by atoms with van der Waals surface area (Å²) in [5.74, 6) is -2.47. The minimum atomic E-state index is -0.917. The van der Waals surface area contributed by atoms with Gasteiger partial charge >= 0.3 is 11.8 Å². The van der Waals surface area contributed by atoms with Gasteiger partial charge in [-0.2, -0.15) is 0 Å². The van der Waals surface area contributed by atoms with Crippen LogP contribution in [0.4, 0.5) is 0 Å². The number of hydrogen-bond acceptors (Lipinski definition) is 4. The minimum Gasteiger partial charge on any atom is -0.352 e. The number of carbonyl (C=O) groups excluding carboxylic acids is 4. The summed E-state index contributed by atoms with van der Waals surface area (Å²) in [6, 6.07) is 7.18. The van der Waals surface area contributed by atoms with E-state index < -0.39 is 17.7 Å². The third kappa shape index (κ3) is 5.38. The summed E-state index contributed by atoms with van der Waals surface area (Å²) in [5.41, 5.74) is 5.55. The number of aryl methyl sites for hydroxylation is 1. The molecule has 128 valence electrons. The van der Waals surface area contributed by atoms with Gasteiger partial charge in [0.1, 0.15) is 0 Å². The first-order valence-corrected chi connectivity index (χ1v) is 7.71. The SMILES string of the molecule is Cc1ccccc1C(=O)NCCC(=O)NNC(=O)C(=O)NC1CC1. The first-order chi connectivity index (χ1) is 11.5. The Morgan fingerprint density at radius 3 is 2.42 bits per heavy atom. The zero-order valence-corrected chi connectivity index (χ0v) is 13.3. The van der Waals surface area contributed by atoms with Crippen LogP contribution in [0.3, 0.4) is 0 Å². The van der Waals surface area contributed by atoms with Crippen molar-refractivity contribution in [3.63, 3.8) is 0 Å². The molecule has 0 radical (unpaired) electrons. The van der Waals surface area contributed by atoms with Crippen molar-refractivity contribution in [3.05, 3.63) is 35.4 Å². The summed E-state index contributed by atoms with van der Waals surface area (Å²) in [7, 11) is 0. The Labute approximate surface area is 139 Å². The Hall–Kier alpha value is -2.90. The Balaban J connectivity index is 1.64. The lowest BCUT2D eigenvalue weighted by molar-refractivity contribution is -0.141. The summed E-state index contributed by atoms with van der Waals surface area (Å²) in [6.45, 7) is 1.94. The molecule has 0 unspecified atom stereocenters. The molecule has 1 aliphatic rings. The number of hydrazine groups is 1. The van der Waals surface area contributed by atoms with Gasteiger partial charge in [-0.15, -0.1) is 0 Å². The zero-order valence-electron chi connectivity index (χ0n) is 13.3. The van der Waals surface area contributed by atoms with Gasteiger partial charge in [-0.3, -0.25) is 30.0 Å². The van der Waals surface area contributed by atoms with Crippen molar-refractivity contribution in [1.82, 2.24) is 21.5 Å². The highest BCUT2D eigenvalue weighted by atomic mass is 16.2. The van der Waals surface area contributed by atoms with E-state index in [1.807, 2.05) is 24.5 Å². The third-order valence-corrected chi connectivity index (χ3v) is 3.46. The van der Waals surface area contributed by atoms with Crippen LogP contribution in [0, 0.1) is 6.92 Å². The number of benzene rings is 1. The first kappa shape index (κ1) is 17.5. The van der Waals surface area contributed by atoms with Crippen LogP contribution in [0.25, 0.3) is 0 Å². The molecule has 0 heterocycles. The quantitative estimate of drug-likeness (QED) is 0.431. The van der Waals surface area contributed by atoms with Gasteiger partial charge in [0, 0.05) is 24.6 Å². The molecular weight excluding hydrogens is 312 g/mol. The van der Waals surface area contributed by atoms with Gasteiger partial charge in [-0.25, -0.2) is 0 Å². The molecule has 2 rings (SSSR count). The van der Waals surface area contributed by atoms with Crippen LogP contribution in [0.5, 0.6) is 0 Å². The second-order valence-electron chi connectivity index (χ2n) is 5.57. The maximum absolute atomic E-state index is 11.9. The molecule has 1 aromatic carbocycles. The van der Waals surface area contributed by atoms with Gasteiger partial charge in [0.15, 0.2) is 0 Å². The first-order valence-electron chi connectivity index (χ1n) is 7.71. The van der Waals surface area contributed by atoms with Gasteiger partial charge in [0.25, 0.3) is 5.91 Å². The molecule has 0 spiro atoms. The number of carbonyl (C=O) groups is 4. The van der Waals surface area contributed by atoms with Gasteiger partial charge in [0.05, 0.1) is 0 Å². The topological polar surface area (TPSA) is 116 Å². The molecule has 0 bridgehead atoms. The Kier molecular flexibility index (Phi) is 5.89. The van der Waals surface area contributed by atoms with Crippen molar-refractivity contribution < 1.29 is 19.2 Å². The van der Waals surface area contributed by atoms with E-state index in [1.54, 1.807) is 12.1 Å². The summed E-state index contributed by atoms with van der Waals surface area (Å²) >= 11 is 0. The predicted molar refractivity (Wildman–Crippen MR) is 85.6 cm³/mol. The molecule has 0 atom stereocenters. The zero-order chi connectivity index (χ0) is 17.5. The Bertz CT molecular complexity index is 655. The average Bonchev–Trinajstić information content (AvgIpc) is 3.36. The highest BCUT2D eigenvalue weighted by molar-refractivity contribution is 6.35. The summed E-state index contributed by atoms with van der Waals surface area (Å²) < 4.78 is 0. The molecule has 0 aliphatic heterocycles. The van der Waals surface area contributed by atoms with E-state index in [4.69, 9.17) is 0 Å². The molecule has 1 aliphatic carbocycles. The van der Waals surface area contributed by atoms with Crippen molar-refractivity contribution in [2.75, 3.05) is 6.54 Å². The summed E-state index contributed by atoms with van der Waals surface area (Å²) in [4.78, 5) is 46.3. The maximum Gasteiger partial charge on any atom is 0.327 e. The van der Waals surface area contributed by atoms with Crippen molar-refractivity contribution in [1.29, 1.82) is 0 Å². The van der Waals surface area contributed by atoms with Crippen LogP contribution < -0.4 is 21.5 Å². The van der Waals surface area contributed by atoms with E-state index >= 15 is 0 Å². The van der Waals surface area contributed by atoms with Crippen LogP contribution in [0.1, 0.15) is 35.2 Å². The number of hydrogen-bond donors (Lipinski definition) is 4. The monoisotopic (exact) mass is 332 g/mol. The van der Waals surface area contributed by atoms with E-state index in [-0.39, 0.29) is 24.9 Å². The normalized spacial score (nSPS) is 12.9. The molecule has 1 fully saturated rings. The number of nitrogens with one attached hydrogen (secondary N) is 4. The van der Waals surface area contributed by atoms with Gasteiger partial charge in [0.2, 0.25) is 5.91 Å². The van der Waals surface area contributed by atoms with E-state index in [0.29, 0.717) is 5.56 Å². The summed E-state index contributed by atoms with van der Waals surface area (Å²) in [5, 5.41) is 5.12. The van der Waals surface area contributed by atoms with E-state index in [1.165, 1.54) is 0 Å². The van der Waals surface area contributed by atoms with Crippen molar-refractivity contribution >= 4 is 23.6 Å². The second kappa shape index (κ2) is 8.09. The predicted octanol–water partition coefficient (Wildman–Crippen LogP) is -0.459. The molecule has 4 amide bonds. The molecule has 4 N–H and O–H groups in total.